The van der Waals surface area contributed by atoms with E-state index in [0.717, 1.165) is 27.5 Å². The van der Waals surface area contributed by atoms with Gasteiger partial charge in [0.15, 0.2) is 11.5 Å². The maximum Gasteiger partial charge on any atom is 0.416 e. The molecule has 11 heteroatoms. The summed E-state index contributed by atoms with van der Waals surface area (Å²) in [5, 5.41) is 2.61. The number of anilines is 1. The second-order valence-electron chi connectivity index (χ2n) is 9.49. The van der Waals surface area contributed by atoms with Crippen LogP contribution in [0.25, 0.3) is 0 Å². The highest BCUT2D eigenvalue weighted by molar-refractivity contribution is 7.11. The van der Waals surface area contributed by atoms with Gasteiger partial charge in [0, 0.05) is 28.0 Å². The number of rotatable bonds is 11. The summed E-state index contributed by atoms with van der Waals surface area (Å²) in [5.41, 5.74) is 0.351. The number of nitrogens with one attached hydrogen (secondary N) is 1. The van der Waals surface area contributed by atoms with Gasteiger partial charge >= 0.3 is 12.2 Å². The normalized spacial score (nSPS) is 11.3. The van der Waals surface area contributed by atoms with Gasteiger partial charge in [0.05, 0.1) is 26.3 Å². The Morgan fingerprint density at radius 1 is 0.975 bits per heavy atom. The fourth-order valence-electron chi connectivity index (χ4n) is 4.02. The Balaban J connectivity index is 1.74. The van der Waals surface area contributed by atoms with Crippen molar-refractivity contribution in [1.82, 2.24) is 9.80 Å². The van der Waals surface area contributed by atoms with Crippen LogP contribution in [0.15, 0.2) is 54.6 Å². The van der Waals surface area contributed by atoms with Crippen LogP contribution in [0.2, 0.25) is 0 Å². The molecule has 7 nitrogen and oxygen atoms in total. The van der Waals surface area contributed by atoms with Crippen LogP contribution in [0.1, 0.15) is 34.7 Å². The SMILES string of the molecule is COc1ccc(CCN(Cc2ccc(C)s2)C(=O)CN(C(=O)Nc2ccc(C(F)(F)F)cc2)C(C)C)cc1OC. The standard InChI is InChI=1S/C29H34F3N3O4S/c1-19(2)35(28(37)33-23-10-8-22(9-11-23)29(30,31)32)18-27(36)34(17-24-12-6-20(3)40-24)15-14-21-7-13-25(38-4)26(16-21)39-5/h6-13,16,19H,14-15,17-18H2,1-5H3,(H,33,37). The highest BCUT2D eigenvalue weighted by Gasteiger charge is 2.30. The lowest BCUT2D eigenvalue weighted by molar-refractivity contribution is -0.137. The lowest BCUT2D eigenvalue weighted by Crippen LogP contribution is -2.47. The number of aryl methyl sites for hydroxylation is 1. The van der Waals surface area contributed by atoms with Crippen LogP contribution >= 0.6 is 11.3 Å². The summed E-state index contributed by atoms with van der Waals surface area (Å²) in [5.74, 6) is 0.959. The number of alkyl halides is 3. The lowest BCUT2D eigenvalue weighted by Gasteiger charge is -2.30. The third kappa shape index (κ3) is 8.38. The molecule has 0 unspecified atom stereocenters. The molecule has 1 N–H and O–H groups in total. The van der Waals surface area contributed by atoms with Gasteiger partial charge in [0.2, 0.25) is 5.91 Å². The summed E-state index contributed by atoms with van der Waals surface area (Å²) in [6.45, 7) is 6.14. The van der Waals surface area contributed by atoms with Crippen LogP contribution in [0.3, 0.4) is 0 Å². The van der Waals surface area contributed by atoms with Crippen molar-refractivity contribution in [2.45, 2.75) is 46.0 Å². The van der Waals surface area contributed by atoms with E-state index in [1.54, 1.807) is 44.3 Å². The third-order valence-corrected chi connectivity index (χ3v) is 7.25. The molecule has 216 valence electrons. The van der Waals surface area contributed by atoms with E-state index in [1.807, 2.05) is 37.3 Å². The quantitative estimate of drug-likeness (QED) is 0.279. The summed E-state index contributed by atoms with van der Waals surface area (Å²) < 4.78 is 49.4. The molecule has 0 bridgehead atoms. The van der Waals surface area contributed by atoms with E-state index in [4.69, 9.17) is 9.47 Å². The van der Waals surface area contributed by atoms with Crippen molar-refractivity contribution in [3.8, 4) is 11.5 Å². The van der Waals surface area contributed by atoms with E-state index in [2.05, 4.69) is 5.32 Å². The molecular formula is C29H34F3N3O4S. The predicted molar refractivity (Wildman–Crippen MR) is 150 cm³/mol. The number of methoxy groups -OCH3 is 2. The van der Waals surface area contributed by atoms with E-state index >= 15 is 0 Å². The highest BCUT2D eigenvalue weighted by Crippen LogP contribution is 2.30. The molecule has 0 aliphatic carbocycles. The van der Waals surface area contributed by atoms with Gasteiger partial charge in [-0.2, -0.15) is 13.2 Å². The van der Waals surface area contributed by atoms with E-state index < -0.39 is 17.8 Å². The van der Waals surface area contributed by atoms with Gasteiger partial charge in [-0.1, -0.05) is 6.07 Å². The zero-order valence-corrected chi connectivity index (χ0v) is 24.0. The first-order chi connectivity index (χ1) is 18.9. The Morgan fingerprint density at radius 3 is 2.20 bits per heavy atom. The maximum absolute atomic E-state index is 13.6. The van der Waals surface area contributed by atoms with Gasteiger partial charge in [-0.15, -0.1) is 11.3 Å². The highest BCUT2D eigenvalue weighted by atomic mass is 32.1. The average Bonchev–Trinajstić information content (AvgIpc) is 3.33. The first-order valence-corrected chi connectivity index (χ1v) is 13.5. The van der Waals surface area contributed by atoms with Crippen LogP contribution in [0.4, 0.5) is 23.7 Å². The minimum Gasteiger partial charge on any atom is -0.493 e. The number of benzene rings is 2. The van der Waals surface area contributed by atoms with Gasteiger partial charge in [-0.3, -0.25) is 4.79 Å². The van der Waals surface area contributed by atoms with E-state index in [9.17, 15) is 22.8 Å². The van der Waals surface area contributed by atoms with Gasteiger partial charge in [0.25, 0.3) is 0 Å². The van der Waals surface area contributed by atoms with Crippen molar-refractivity contribution in [3.05, 3.63) is 75.5 Å². The molecule has 0 spiro atoms. The minimum absolute atomic E-state index is 0.194. The Bertz CT molecular complexity index is 1290. The molecule has 0 fully saturated rings. The Hall–Kier alpha value is -3.73. The van der Waals surface area contributed by atoms with Crippen molar-refractivity contribution in [2.24, 2.45) is 0 Å². The van der Waals surface area contributed by atoms with E-state index in [0.29, 0.717) is 31.0 Å². The maximum atomic E-state index is 13.6. The second kappa shape index (κ2) is 13.6. The number of nitrogens with zero attached hydrogens (tertiary/aromatic N) is 2. The summed E-state index contributed by atoms with van der Waals surface area (Å²) in [7, 11) is 3.13. The zero-order valence-electron chi connectivity index (χ0n) is 23.2. The molecule has 1 heterocycles. The largest absolute Gasteiger partial charge is 0.493 e. The summed E-state index contributed by atoms with van der Waals surface area (Å²) >= 11 is 1.60. The van der Waals surface area contributed by atoms with Gasteiger partial charge in [0.1, 0.15) is 6.54 Å². The molecular weight excluding hydrogens is 543 g/mol. The van der Waals surface area contributed by atoms with Crippen molar-refractivity contribution < 1.29 is 32.2 Å². The van der Waals surface area contributed by atoms with Gasteiger partial charge < -0.3 is 24.6 Å². The average molecular weight is 578 g/mol. The van der Waals surface area contributed by atoms with Crippen molar-refractivity contribution in [1.29, 1.82) is 0 Å². The lowest BCUT2D eigenvalue weighted by atomic mass is 10.1. The number of hydrogen-bond donors (Lipinski definition) is 1. The van der Waals surface area contributed by atoms with Crippen LogP contribution in [0.5, 0.6) is 11.5 Å². The van der Waals surface area contributed by atoms with Crippen LogP contribution < -0.4 is 14.8 Å². The number of urea groups is 1. The first-order valence-electron chi connectivity index (χ1n) is 12.7. The number of thiophene rings is 1. The van der Waals surface area contributed by atoms with Crippen LogP contribution in [0, 0.1) is 6.92 Å². The zero-order chi connectivity index (χ0) is 29.4. The molecule has 3 amide bonds. The molecule has 2 aromatic carbocycles. The number of carbonyl (C=O) groups is 2. The van der Waals surface area contributed by atoms with Gasteiger partial charge in [-0.25, -0.2) is 4.79 Å². The summed E-state index contributed by atoms with van der Waals surface area (Å²) in [6.07, 6.45) is -3.92. The Labute approximate surface area is 236 Å². The van der Waals surface area contributed by atoms with Crippen molar-refractivity contribution in [3.63, 3.8) is 0 Å². The van der Waals surface area contributed by atoms with Crippen LogP contribution in [-0.4, -0.2) is 55.1 Å². The van der Waals surface area contributed by atoms with E-state index in [1.165, 1.54) is 17.0 Å². The molecule has 1 aromatic heterocycles. The Morgan fingerprint density at radius 2 is 1.65 bits per heavy atom. The molecule has 0 aliphatic heterocycles. The second-order valence-corrected chi connectivity index (χ2v) is 10.9. The molecule has 0 saturated heterocycles. The number of carbonyl (C=O) groups excluding carboxylic acids is 2. The Kier molecular flexibility index (Phi) is 10.4. The summed E-state index contributed by atoms with van der Waals surface area (Å²) in [4.78, 5) is 31.8. The molecule has 3 aromatic rings. The monoisotopic (exact) mass is 577 g/mol. The van der Waals surface area contributed by atoms with Crippen molar-refractivity contribution in [2.75, 3.05) is 32.6 Å². The van der Waals surface area contributed by atoms with Crippen molar-refractivity contribution >= 4 is 29.0 Å². The number of hydrogen-bond acceptors (Lipinski definition) is 5. The van der Waals surface area contributed by atoms with E-state index in [-0.39, 0.29) is 24.2 Å². The third-order valence-electron chi connectivity index (χ3n) is 6.27. The summed E-state index contributed by atoms with van der Waals surface area (Å²) in [6, 6.07) is 12.8. The molecule has 0 radical (unpaired) electrons. The number of ether oxygens (including phenoxy) is 2. The number of halogens is 3. The predicted octanol–water partition coefficient (Wildman–Crippen LogP) is 6.61. The topological polar surface area (TPSA) is 71.1 Å². The fraction of sp³-hybridized carbons (Fsp3) is 0.379. The molecule has 0 saturated carbocycles. The molecule has 0 atom stereocenters. The minimum atomic E-state index is -4.47. The first kappa shape index (κ1) is 30.8. The molecule has 40 heavy (non-hydrogen) atoms. The molecule has 0 aliphatic rings. The fourth-order valence-corrected chi connectivity index (χ4v) is 4.93. The van der Waals surface area contributed by atoms with Gasteiger partial charge in [-0.05, 0) is 81.3 Å². The molecule has 3 rings (SSSR count). The smallest absolute Gasteiger partial charge is 0.416 e. The van der Waals surface area contributed by atoms with Crippen LogP contribution in [-0.2, 0) is 23.9 Å². The number of amides is 3.